The van der Waals surface area contributed by atoms with E-state index in [0.717, 1.165) is 6.42 Å². The summed E-state index contributed by atoms with van der Waals surface area (Å²) in [6.07, 6.45) is 0.912. The Hall–Kier alpha value is -1.39. The Bertz CT molecular complexity index is 408. The lowest BCUT2D eigenvalue weighted by Gasteiger charge is -2.21. The number of carbonyl (C=O) groups is 1. The second-order valence-electron chi connectivity index (χ2n) is 5.47. The molecule has 1 aromatic heterocycles. The molecule has 1 heterocycles. The van der Waals surface area contributed by atoms with Crippen LogP contribution >= 0.6 is 0 Å². The molecule has 0 atom stereocenters. The van der Waals surface area contributed by atoms with Gasteiger partial charge in [0.1, 0.15) is 0 Å². The topological polar surface area (TPSA) is 68.0 Å². The first-order chi connectivity index (χ1) is 7.69. The summed E-state index contributed by atoms with van der Waals surface area (Å²) < 4.78 is 5.28. The quantitative estimate of drug-likeness (QED) is 0.874. The summed E-state index contributed by atoms with van der Waals surface area (Å²) in [6, 6.07) is 0. The predicted molar refractivity (Wildman–Crippen MR) is 64.5 cm³/mol. The molecule has 5 nitrogen and oxygen atoms in total. The van der Waals surface area contributed by atoms with E-state index >= 15 is 0 Å². The maximum Gasteiger partial charge on any atom is 0.232 e. The number of carbonyl (C=O) groups excluding carboxylic acids is 1. The highest BCUT2D eigenvalue weighted by atomic mass is 16.5. The molecule has 1 rings (SSSR count). The van der Waals surface area contributed by atoms with E-state index in [0.29, 0.717) is 11.7 Å². The maximum atomic E-state index is 11.1. The van der Waals surface area contributed by atoms with Crippen LogP contribution in [0, 0.1) is 0 Å². The van der Waals surface area contributed by atoms with E-state index in [1.165, 1.54) is 6.92 Å². The van der Waals surface area contributed by atoms with Crippen LogP contribution in [0.15, 0.2) is 4.52 Å². The zero-order valence-electron chi connectivity index (χ0n) is 11.4. The van der Waals surface area contributed by atoms with Crippen molar-refractivity contribution in [2.45, 2.75) is 58.9 Å². The predicted octanol–water partition coefficient (Wildman–Crippen LogP) is 2.13. The minimum absolute atomic E-state index is 0.115. The van der Waals surface area contributed by atoms with Crippen LogP contribution < -0.4 is 5.32 Å². The maximum absolute atomic E-state index is 11.1. The average Bonchev–Trinajstić information content (AvgIpc) is 2.65. The molecule has 1 aromatic rings. The number of aromatic nitrogens is 2. The van der Waals surface area contributed by atoms with Crippen molar-refractivity contribution >= 4 is 5.91 Å². The third-order valence-electron chi connectivity index (χ3n) is 2.94. The number of rotatable bonds is 4. The van der Waals surface area contributed by atoms with Gasteiger partial charge in [0.25, 0.3) is 0 Å². The van der Waals surface area contributed by atoms with E-state index < -0.39 is 5.54 Å². The van der Waals surface area contributed by atoms with Gasteiger partial charge in [0.15, 0.2) is 5.82 Å². The van der Waals surface area contributed by atoms with Crippen molar-refractivity contribution in [3.05, 3.63) is 11.7 Å². The first-order valence-corrected chi connectivity index (χ1v) is 5.82. The van der Waals surface area contributed by atoms with E-state index in [-0.39, 0.29) is 11.3 Å². The first-order valence-electron chi connectivity index (χ1n) is 5.82. The average molecular weight is 239 g/mol. The molecule has 0 aliphatic heterocycles. The summed E-state index contributed by atoms with van der Waals surface area (Å²) in [7, 11) is 0. The van der Waals surface area contributed by atoms with Crippen molar-refractivity contribution in [2.24, 2.45) is 0 Å². The number of amides is 1. The summed E-state index contributed by atoms with van der Waals surface area (Å²) in [5.74, 6) is 0.994. The van der Waals surface area contributed by atoms with Gasteiger partial charge in [-0.15, -0.1) is 0 Å². The highest BCUT2D eigenvalue weighted by molar-refractivity contribution is 5.73. The van der Waals surface area contributed by atoms with Gasteiger partial charge < -0.3 is 9.84 Å². The summed E-state index contributed by atoms with van der Waals surface area (Å²) in [4.78, 5) is 15.5. The Morgan fingerprint density at radius 3 is 2.41 bits per heavy atom. The minimum atomic E-state index is -0.614. The van der Waals surface area contributed by atoms with Gasteiger partial charge in [0.2, 0.25) is 11.8 Å². The van der Waals surface area contributed by atoms with Crippen molar-refractivity contribution in [3.8, 4) is 0 Å². The Kier molecular flexibility index (Phi) is 3.59. The number of hydrogen-bond donors (Lipinski definition) is 1. The molecule has 17 heavy (non-hydrogen) atoms. The zero-order chi connectivity index (χ0) is 13.3. The molecule has 0 saturated heterocycles. The molecule has 0 bridgehead atoms. The lowest BCUT2D eigenvalue weighted by molar-refractivity contribution is -0.120. The van der Waals surface area contributed by atoms with Crippen molar-refractivity contribution < 1.29 is 9.32 Å². The third kappa shape index (κ3) is 3.05. The van der Waals surface area contributed by atoms with Crippen LogP contribution in [0.25, 0.3) is 0 Å². The van der Waals surface area contributed by atoms with Crippen molar-refractivity contribution in [1.82, 2.24) is 15.5 Å². The highest BCUT2D eigenvalue weighted by Gasteiger charge is 2.31. The van der Waals surface area contributed by atoms with Crippen LogP contribution in [-0.2, 0) is 15.7 Å². The Morgan fingerprint density at radius 1 is 1.35 bits per heavy atom. The Balaban J connectivity index is 2.99. The monoisotopic (exact) mass is 239 g/mol. The standard InChI is InChI=1S/C12H21N3O2/c1-7-11(3,4)10-13-9(15-17-10)12(5,6)14-8(2)16/h7H2,1-6H3,(H,14,16). The van der Waals surface area contributed by atoms with Crippen LogP contribution in [0.2, 0.25) is 0 Å². The SMILES string of the molecule is CCC(C)(C)c1nc(C(C)(C)NC(C)=O)no1. The molecule has 0 fully saturated rings. The third-order valence-corrected chi connectivity index (χ3v) is 2.94. The van der Waals surface area contributed by atoms with Crippen molar-refractivity contribution in [2.75, 3.05) is 0 Å². The second kappa shape index (κ2) is 4.47. The van der Waals surface area contributed by atoms with Gasteiger partial charge in [0, 0.05) is 12.3 Å². The molecule has 0 radical (unpaired) electrons. The van der Waals surface area contributed by atoms with Gasteiger partial charge in [-0.2, -0.15) is 4.98 Å². The van der Waals surface area contributed by atoms with Gasteiger partial charge in [-0.1, -0.05) is 25.9 Å². The molecule has 0 spiro atoms. The highest BCUT2D eigenvalue weighted by Crippen LogP contribution is 2.27. The first kappa shape index (κ1) is 13.7. The molecule has 1 N–H and O–H groups in total. The van der Waals surface area contributed by atoms with Gasteiger partial charge >= 0.3 is 0 Å². The smallest absolute Gasteiger partial charge is 0.232 e. The Morgan fingerprint density at radius 2 is 1.94 bits per heavy atom. The summed E-state index contributed by atoms with van der Waals surface area (Å²) in [5.41, 5.74) is -0.755. The molecule has 5 heteroatoms. The van der Waals surface area contributed by atoms with E-state index in [1.807, 2.05) is 13.8 Å². The lowest BCUT2D eigenvalue weighted by Crippen LogP contribution is -2.40. The molecule has 0 aliphatic carbocycles. The molecule has 0 aliphatic rings. The number of nitrogens with one attached hydrogen (secondary N) is 1. The molecular formula is C12H21N3O2. The number of hydrogen-bond acceptors (Lipinski definition) is 4. The van der Waals surface area contributed by atoms with Crippen LogP contribution in [0.5, 0.6) is 0 Å². The van der Waals surface area contributed by atoms with Gasteiger partial charge in [-0.25, -0.2) is 0 Å². The fraction of sp³-hybridized carbons (Fsp3) is 0.750. The van der Waals surface area contributed by atoms with Crippen molar-refractivity contribution in [1.29, 1.82) is 0 Å². The normalized spacial score (nSPS) is 12.6. The van der Waals surface area contributed by atoms with Crippen LogP contribution in [0.4, 0.5) is 0 Å². The minimum Gasteiger partial charge on any atom is -0.344 e. The molecule has 0 aromatic carbocycles. The van der Waals surface area contributed by atoms with Crippen LogP contribution in [0.3, 0.4) is 0 Å². The molecule has 96 valence electrons. The van der Waals surface area contributed by atoms with Gasteiger partial charge in [-0.3, -0.25) is 4.79 Å². The zero-order valence-corrected chi connectivity index (χ0v) is 11.4. The fourth-order valence-corrected chi connectivity index (χ4v) is 1.40. The van der Waals surface area contributed by atoms with Gasteiger partial charge in [-0.05, 0) is 20.3 Å². The molecule has 0 saturated carbocycles. The lowest BCUT2D eigenvalue weighted by atomic mass is 9.90. The summed E-state index contributed by atoms with van der Waals surface area (Å²) in [5, 5.41) is 6.75. The molecular weight excluding hydrogens is 218 g/mol. The fourth-order valence-electron chi connectivity index (χ4n) is 1.40. The van der Waals surface area contributed by atoms with E-state index in [2.05, 4.69) is 36.2 Å². The molecule has 1 amide bonds. The summed E-state index contributed by atoms with van der Waals surface area (Å²) >= 11 is 0. The van der Waals surface area contributed by atoms with Gasteiger partial charge in [0.05, 0.1) is 5.54 Å². The second-order valence-corrected chi connectivity index (χ2v) is 5.47. The van der Waals surface area contributed by atoms with E-state index in [4.69, 9.17) is 4.52 Å². The Labute approximate surface area is 102 Å². The van der Waals surface area contributed by atoms with E-state index in [9.17, 15) is 4.79 Å². The van der Waals surface area contributed by atoms with E-state index in [1.54, 1.807) is 0 Å². The summed E-state index contributed by atoms with van der Waals surface area (Å²) in [6.45, 7) is 11.3. The van der Waals surface area contributed by atoms with Crippen LogP contribution in [-0.4, -0.2) is 16.0 Å². The van der Waals surface area contributed by atoms with Crippen LogP contribution in [0.1, 0.15) is 59.7 Å². The van der Waals surface area contributed by atoms with Crippen molar-refractivity contribution in [3.63, 3.8) is 0 Å². The molecule has 0 unspecified atom stereocenters. The largest absolute Gasteiger partial charge is 0.344 e. The number of nitrogens with zero attached hydrogens (tertiary/aromatic N) is 2.